The van der Waals surface area contributed by atoms with Crippen molar-refractivity contribution >= 4 is 21.7 Å². The van der Waals surface area contributed by atoms with Crippen molar-refractivity contribution < 1.29 is 22.7 Å². The molecule has 0 bridgehead atoms. The first kappa shape index (κ1) is 17.8. The Morgan fingerprint density at radius 3 is 2.54 bits per heavy atom. The number of esters is 1. The van der Waals surface area contributed by atoms with E-state index in [9.17, 15) is 13.2 Å². The smallest absolute Gasteiger partial charge is 0.338 e. The van der Waals surface area contributed by atoms with Gasteiger partial charge in [-0.05, 0) is 55.8 Å². The van der Waals surface area contributed by atoms with Crippen LogP contribution in [0.1, 0.15) is 22.8 Å². The molecule has 0 saturated heterocycles. The number of hydrogen-bond acceptors (Lipinski definition) is 5. The first-order valence-electron chi connectivity index (χ1n) is 7.32. The minimum absolute atomic E-state index is 0.113. The van der Waals surface area contributed by atoms with Gasteiger partial charge in [-0.1, -0.05) is 6.07 Å². The molecule has 2 aromatic carbocycles. The number of sulfonamides is 1. The molecule has 2 rings (SSSR count). The van der Waals surface area contributed by atoms with Crippen molar-refractivity contribution in [3.63, 3.8) is 0 Å². The van der Waals surface area contributed by atoms with Crippen molar-refractivity contribution in [2.24, 2.45) is 0 Å². The van der Waals surface area contributed by atoms with Crippen LogP contribution >= 0.6 is 0 Å². The second-order valence-electron chi connectivity index (χ2n) is 5.04. The summed E-state index contributed by atoms with van der Waals surface area (Å²) >= 11 is 0. The Balaban J connectivity index is 2.28. The minimum atomic E-state index is -3.77. The highest BCUT2D eigenvalue weighted by atomic mass is 32.2. The Bertz CT molecular complexity index is 846. The van der Waals surface area contributed by atoms with Crippen molar-refractivity contribution in [2.45, 2.75) is 18.7 Å². The van der Waals surface area contributed by atoms with Gasteiger partial charge in [-0.3, -0.25) is 4.72 Å². The van der Waals surface area contributed by atoms with E-state index in [4.69, 9.17) is 9.47 Å². The van der Waals surface area contributed by atoms with Gasteiger partial charge in [-0.15, -0.1) is 0 Å². The van der Waals surface area contributed by atoms with Crippen molar-refractivity contribution in [3.8, 4) is 5.75 Å². The molecular formula is C17H19NO5S. The maximum atomic E-state index is 12.5. The molecule has 0 spiro atoms. The zero-order chi connectivity index (χ0) is 17.7. The van der Waals surface area contributed by atoms with Crippen LogP contribution in [-0.4, -0.2) is 28.1 Å². The molecule has 0 radical (unpaired) electrons. The van der Waals surface area contributed by atoms with Gasteiger partial charge in [0.2, 0.25) is 0 Å². The maximum absolute atomic E-state index is 12.5. The highest BCUT2D eigenvalue weighted by Gasteiger charge is 2.16. The topological polar surface area (TPSA) is 81.7 Å². The Labute approximate surface area is 141 Å². The summed E-state index contributed by atoms with van der Waals surface area (Å²) in [6.07, 6.45) is 0. The average molecular weight is 349 g/mol. The summed E-state index contributed by atoms with van der Waals surface area (Å²) in [7, 11) is -2.25. The van der Waals surface area contributed by atoms with E-state index in [0.717, 1.165) is 0 Å². The summed E-state index contributed by atoms with van der Waals surface area (Å²) in [5.41, 5.74) is 1.28. The van der Waals surface area contributed by atoms with Crippen LogP contribution in [0.25, 0.3) is 0 Å². The van der Waals surface area contributed by atoms with E-state index in [-0.39, 0.29) is 22.8 Å². The third kappa shape index (κ3) is 4.05. The Kier molecular flexibility index (Phi) is 5.46. The van der Waals surface area contributed by atoms with E-state index >= 15 is 0 Å². The van der Waals surface area contributed by atoms with Gasteiger partial charge in [-0.25, -0.2) is 13.2 Å². The lowest BCUT2D eigenvalue weighted by molar-refractivity contribution is 0.0526. The van der Waals surface area contributed by atoms with Gasteiger partial charge in [0, 0.05) is 5.69 Å². The number of carbonyl (C=O) groups is 1. The lowest BCUT2D eigenvalue weighted by atomic mass is 10.2. The normalized spacial score (nSPS) is 11.0. The van der Waals surface area contributed by atoms with Crippen LogP contribution in [0.15, 0.2) is 47.4 Å². The van der Waals surface area contributed by atoms with Crippen LogP contribution in [0.5, 0.6) is 5.75 Å². The second-order valence-corrected chi connectivity index (χ2v) is 6.72. The van der Waals surface area contributed by atoms with Crippen LogP contribution in [0.3, 0.4) is 0 Å². The van der Waals surface area contributed by atoms with E-state index < -0.39 is 16.0 Å². The molecule has 0 aromatic heterocycles. The number of hydrogen-bond donors (Lipinski definition) is 1. The summed E-state index contributed by atoms with van der Waals surface area (Å²) in [5.74, 6) is 0.108. The van der Waals surface area contributed by atoms with Crippen LogP contribution < -0.4 is 9.46 Å². The number of ether oxygens (including phenoxy) is 2. The lowest BCUT2D eigenvalue weighted by Crippen LogP contribution is -2.14. The van der Waals surface area contributed by atoms with Gasteiger partial charge in [0.05, 0.1) is 24.2 Å². The van der Waals surface area contributed by atoms with Gasteiger partial charge < -0.3 is 9.47 Å². The van der Waals surface area contributed by atoms with E-state index in [1.54, 1.807) is 38.1 Å². The lowest BCUT2D eigenvalue weighted by Gasteiger charge is -2.11. The van der Waals surface area contributed by atoms with Crippen molar-refractivity contribution in [2.75, 3.05) is 18.4 Å². The molecule has 0 aliphatic heterocycles. The zero-order valence-electron chi connectivity index (χ0n) is 13.7. The van der Waals surface area contributed by atoms with Crippen molar-refractivity contribution in [1.29, 1.82) is 0 Å². The van der Waals surface area contributed by atoms with Crippen LogP contribution in [-0.2, 0) is 14.8 Å². The number of anilines is 1. The number of aryl methyl sites for hydroxylation is 1. The standard InChI is InChI=1S/C17H19NO5S/c1-4-23-17(19)13-6-5-7-14(11-13)18-24(20,21)15-8-9-16(22-3)12(2)10-15/h5-11,18H,4H2,1-3H3. The van der Waals surface area contributed by atoms with E-state index in [1.165, 1.54) is 25.3 Å². The predicted octanol–water partition coefficient (Wildman–Crippen LogP) is 2.98. The monoisotopic (exact) mass is 349 g/mol. The van der Waals surface area contributed by atoms with Crippen LogP contribution in [0.4, 0.5) is 5.69 Å². The number of benzene rings is 2. The van der Waals surface area contributed by atoms with Crippen LogP contribution in [0.2, 0.25) is 0 Å². The highest BCUT2D eigenvalue weighted by molar-refractivity contribution is 7.92. The van der Waals surface area contributed by atoms with Gasteiger partial charge in [-0.2, -0.15) is 0 Å². The molecule has 0 saturated carbocycles. The first-order chi connectivity index (χ1) is 11.4. The minimum Gasteiger partial charge on any atom is -0.496 e. The summed E-state index contributed by atoms with van der Waals surface area (Å²) < 4.78 is 37.5. The van der Waals surface area contributed by atoms with Crippen molar-refractivity contribution in [1.82, 2.24) is 0 Å². The van der Waals surface area contributed by atoms with Gasteiger partial charge in [0.15, 0.2) is 0 Å². The largest absolute Gasteiger partial charge is 0.496 e. The summed E-state index contributed by atoms with van der Waals surface area (Å²) in [6, 6.07) is 10.7. The highest BCUT2D eigenvalue weighted by Crippen LogP contribution is 2.23. The fourth-order valence-electron chi connectivity index (χ4n) is 2.16. The Hall–Kier alpha value is -2.54. The molecule has 0 amide bonds. The fourth-order valence-corrected chi connectivity index (χ4v) is 3.29. The number of carbonyl (C=O) groups excluding carboxylic acids is 1. The molecule has 0 fully saturated rings. The Morgan fingerprint density at radius 1 is 1.17 bits per heavy atom. The molecule has 24 heavy (non-hydrogen) atoms. The maximum Gasteiger partial charge on any atom is 0.338 e. The summed E-state index contributed by atoms with van der Waals surface area (Å²) in [6.45, 7) is 3.72. The van der Waals surface area contributed by atoms with E-state index in [1.807, 2.05) is 0 Å². The average Bonchev–Trinajstić information content (AvgIpc) is 2.55. The molecule has 6 nitrogen and oxygen atoms in total. The molecule has 0 aliphatic rings. The van der Waals surface area contributed by atoms with Crippen molar-refractivity contribution in [3.05, 3.63) is 53.6 Å². The third-order valence-corrected chi connectivity index (χ3v) is 4.68. The number of nitrogens with one attached hydrogen (secondary N) is 1. The number of methoxy groups -OCH3 is 1. The van der Waals surface area contributed by atoms with Gasteiger partial charge in [0.25, 0.3) is 10.0 Å². The summed E-state index contributed by atoms with van der Waals surface area (Å²) in [4.78, 5) is 11.8. The zero-order valence-corrected chi connectivity index (χ0v) is 14.5. The summed E-state index contributed by atoms with van der Waals surface area (Å²) in [5, 5.41) is 0. The molecule has 0 unspecified atom stereocenters. The quantitative estimate of drug-likeness (QED) is 0.811. The van der Waals surface area contributed by atoms with Gasteiger partial charge in [0.1, 0.15) is 5.75 Å². The molecule has 7 heteroatoms. The second kappa shape index (κ2) is 7.35. The van der Waals surface area contributed by atoms with E-state index in [0.29, 0.717) is 11.3 Å². The third-order valence-electron chi connectivity index (χ3n) is 3.30. The van der Waals surface area contributed by atoms with Gasteiger partial charge >= 0.3 is 5.97 Å². The molecular weight excluding hydrogens is 330 g/mol. The molecule has 128 valence electrons. The molecule has 0 atom stereocenters. The van der Waals surface area contributed by atoms with Crippen LogP contribution in [0, 0.1) is 6.92 Å². The molecule has 0 heterocycles. The molecule has 0 aliphatic carbocycles. The number of rotatable bonds is 6. The Morgan fingerprint density at radius 2 is 1.92 bits per heavy atom. The first-order valence-corrected chi connectivity index (χ1v) is 8.80. The fraction of sp³-hybridized carbons (Fsp3) is 0.235. The SMILES string of the molecule is CCOC(=O)c1cccc(NS(=O)(=O)c2ccc(OC)c(C)c2)c1. The molecule has 1 N–H and O–H groups in total. The van der Waals surface area contributed by atoms with E-state index in [2.05, 4.69) is 4.72 Å². The molecule has 2 aromatic rings. The predicted molar refractivity (Wildman–Crippen MR) is 90.9 cm³/mol.